The second kappa shape index (κ2) is 8.43. The van der Waals surface area contributed by atoms with Crippen molar-refractivity contribution in [3.8, 4) is 0 Å². The summed E-state index contributed by atoms with van der Waals surface area (Å²) in [5.41, 5.74) is 2.50. The molecule has 7 heteroatoms. The minimum absolute atomic E-state index is 0.127. The normalized spacial score (nSPS) is 17.8. The maximum Gasteiger partial charge on any atom is 0.341 e. The van der Waals surface area contributed by atoms with E-state index in [9.17, 15) is 9.59 Å². The Kier molecular flexibility index (Phi) is 5.75. The molecule has 0 saturated carbocycles. The number of esters is 1. The molecule has 148 valence electrons. The first-order valence-electron chi connectivity index (χ1n) is 9.59. The molecule has 1 aromatic carbocycles. The molecule has 1 N–H and O–H groups in total. The second-order valence-corrected chi connectivity index (χ2v) is 8.11. The van der Waals surface area contributed by atoms with Gasteiger partial charge in [-0.05, 0) is 30.4 Å². The SMILES string of the molecule is COC(=O)c1c(NC(=O)[C@H](c2ccccc2)N2CCOCC2)sc2c1CCC2. The van der Waals surface area contributed by atoms with Crippen LogP contribution in [0.15, 0.2) is 30.3 Å². The third kappa shape index (κ3) is 3.70. The van der Waals surface area contributed by atoms with Crippen molar-refractivity contribution in [3.63, 3.8) is 0 Å². The highest BCUT2D eigenvalue weighted by Gasteiger charge is 2.32. The second-order valence-electron chi connectivity index (χ2n) is 7.00. The molecule has 4 rings (SSSR count). The summed E-state index contributed by atoms with van der Waals surface area (Å²) < 4.78 is 10.5. The number of carbonyl (C=O) groups excluding carboxylic acids is 2. The number of fused-ring (bicyclic) bond motifs is 1. The van der Waals surface area contributed by atoms with Gasteiger partial charge in [-0.3, -0.25) is 9.69 Å². The molecule has 2 aromatic rings. The maximum atomic E-state index is 13.4. The third-order valence-corrected chi connectivity index (χ3v) is 6.53. The van der Waals surface area contributed by atoms with Crippen LogP contribution in [0.2, 0.25) is 0 Å². The van der Waals surface area contributed by atoms with Crippen molar-refractivity contribution in [2.45, 2.75) is 25.3 Å². The summed E-state index contributed by atoms with van der Waals surface area (Å²) >= 11 is 1.50. The Labute approximate surface area is 168 Å². The van der Waals surface area contributed by atoms with Crippen LogP contribution in [0.4, 0.5) is 5.00 Å². The van der Waals surface area contributed by atoms with E-state index >= 15 is 0 Å². The molecular formula is C21H24N2O4S. The van der Waals surface area contributed by atoms with Crippen LogP contribution in [0.1, 0.15) is 38.8 Å². The molecule has 0 bridgehead atoms. The van der Waals surface area contributed by atoms with Gasteiger partial charge in [0, 0.05) is 18.0 Å². The summed E-state index contributed by atoms with van der Waals surface area (Å²) in [5, 5.41) is 3.65. The molecule has 1 aromatic heterocycles. The van der Waals surface area contributed by atoms with Crippen LogP contribution >= 0.6 is 11.3 Å². The molecule has 2 aliphatic rings. The lowest BCUT2D eigenvalue weighted by atomic mass is 10.0. The first-order chi connectivity index (χ1) is 13.7. The van der Waals surface area contributed by atoms with Crippen LogP contribution in [0, 0.1) is 0 Å². The Hall–Kier alpha value is -2.22. The van der Waals surface area contributed by atoms with E-state index in [1.165, 1.54) is 23.3 Å². The number of hydrogen-bond acceptors (Lipinski definition) is 6. The number of nitrogens with one attached hydrogen (secondary N) is 1. The lowest BCUT2D eigenvalue weighted by Crippen LogP contribution is -2.43. The lowest BCUT2D eigenvalue weighted by molar-refractivity contribution is -0.123. The van der Waals surface area contributed by atoms with Crippen molar-refractivity contribution in [2.75, 3.05) is 38.7 Å². The minimum atomic E-state index is -0.424. The molecule has 1 fully saturated rings. The predicted octanol–water partition coefficient (Wildman–Crippen LogP) is 3.04. The average molecular weight is 401 g/mol. The van der Waals surface area contributed by atoms with E-state index in [4.69, 9.17) is 9.47 Å². The monoisotopic (exact) mass is 400 g/mol. The number of aryl methyl sites for hydroxylation is 1. The summed E-state index contributed by atoms with van der Waals surface area (Å²) in [6.07, 6.45) is 2.85. The van der Waals surface area contributed by atoms with Crippen LogP contribution in [-0.2, 0) is 27.1 Å². The number of thiophene rings is 1. The molecule has 1 aliphatic carbocycles. The largest absolute Gasteiger partial charge is 0.465 e. The Morgan fingerprint density at radius 2 is 1.93 bits per heavy atom. The molecular weight excluding hydrogens is 376 g/mol. The number of morpholine rings is 1. The molecule has 6 nitrogen and oxygen atoms in total. The van der Waals surface area contributed by atoms with Crippen molar-refractivity contribution in [3.05, 3.63) is 51.9 Å². The smallest absolute Gasteiger partial charge is 0.341 e. The van der Waals surface area contributed by atoms with E-state index in [1.807, 2.05) is 30.3 Å². The summed E-state index contributed by atoms with van der Waals surface area (Å²) in [4.78, 5) is 29.1. The first kappa shape index (κ1) is 19.1. The molecule has 0 spiro atoms. The van der Waals surface area contributed by atoms with Gasteiger partial charge in [-0.1, -0.05) is 30.3 Å². The van der Waals surface area contributed by atoms with Crippen LogP contribution in [-0.4, -0.2) is 50.2 Å². The van der Waals surface area contributed by atoms with E-state index < -0.39 is 6.04 Å². The number of amides is 1. The lowest BCUT2D eigenvalue weighted by Gasteiger charge is -2.33. The number of nitrogens with zero attached hydrogens (tertiary/aromatic N) is 1. The standard InChI is InChI=1S/C21H24N2O4S/c1-26-21(25)17-15-8-5-9-16(15)28-20(17)22-19(24)18(14-6-3-2-4-7-14)23-10-12-27-13-11-23/h2-4,6-7,18H,5,8-13H2,1H3,(H,22,24)/t18-/m0/s1. The molecule has 28 heavy (non-hydrogen) atoms. The topological polar surface area (TPSA) is 67.9 Å². The zero-order chi connectivity index (χ0) is 19.5. The summed E-state index contributed by atoms with van der Waals surface area (Å²) in [5.74, 6) is -0.504. The number of anilines is 1. The van der Waals surface area contributed by atoms with Gasteiger partial charge in [0.1, 0.15) is 11.0 Å². The van der Waals surface area contributed by atoms with E-state index in [1.54, 1.807) is 0 Å². The zero-order valence-electron chi connectivity index (χ0n) is 15.9. The Morgan fingerprint density at radius 1 is 1.18 bits per heavy atom. The van der Waals surface area contributed by atoms with Crippen molar-refractivity contribution in [1.29, 1.82) is 0 Å². The fourth-order valence-electron chi connectivity index (χ4n) is 3.99. The summed E-state index contributed by atoms with van der Waals surface area (Å²) in [7, 11) is 1.38. The van der Waals surface area contributed by atoms with Gasteiger partial charge in [0.2, 0.25) is 5.91 Å². The van der Waals surface area contributed by atoms with Gasteiger partial charge in [0.25, 0.3) is 0 Å². The van der Waals surface area contributed by atoms with E-state index in [0.29, 0.717) is 36.9 Å². The number of hydrogen-bond donors (Lipinski definition) is 1. The minimum Gasteiger partial charge on any atom is -0.465 e. The number of carbonyl (C=O) groups is 2. The van der Waals surface area contributed by atoms with Gasteiger partial charge in [0.05, 0.1) is 25.9 Å². The highest BCUT2D eigenvalue weighted by atomic mass is 32.1. The molecule has 0 radical (unpaired) electrons. The van der Waals surface area contributed by atoms with E-state index in [2.05, 4.69) is 10.2 Å². The molecule has 1 aliphatic heterocycles. The Balaban J connectivity index is 1.64. The average Bonchev–Trinajstić information content (AvgIpc) is 3.30. The van der Waals surface area contributed by atoms with Gasteiger partial charge in [0.15, 0.2) is 0 Å². The molecule has 1 saturated heterocycles. The van der Waals surface area contributed by atoms with Crippen LogP contribution < -0.4 is 5.32 Å². The number of methoxy groups -OCH3 is 1. The molecule has 0 unspecified atom stereocenters. The zero-order valence-corrected chi connectivity index (χ0v) is 16.7. The molecule has 2 heterocycles. The van der Waals surface area contributed by atoms with Gasteiger partial charge < -0.3 is 14.8 Å². The predicted molar refractivity (Wildman–Crippen MR) is 108 cm³/mol. The van der Waals surface area contributed by atoms with Gasteiger partial charge in [-0.25, -0.2) is 4.79 Å². The van der Waals surface area contributed by atoms with Gasteiger partial charge in [-0.15, -0.1) is 11.3 Å². The summed E-state index contributed by atoms with van der Waals surface area (Å²) in [6, 6.07) is 9.33. The quantitative estimate of drug-likeness (QED) is 0.782. The van der Waals surface area contributed by atoms with Crippen molar-refractivity contribution >= 4 is 28.2 Å². The van der Waals surface area contributed by atoms with Crippen LogP contribution in [0.25, 0.3) is 0 Å². The van der Waals surface area contributed by atoms with E-state index in [-0.39, 0.29) is 11.9 Å². The fourth-order valence-corrected chi connectivity index (χ4v) is 5.27. The van der Waals surface area contributed by atoms with Crippen molar-refractivity contribution in [2.24, 2.45) is 0 Å². The summed E-state index contributed by atoms with van der Waals surface area (Å²) in [6.45, 7) is 2.60. The Bertz CT molecular complexity index is 859. The first-order valence-corrected chi connectivity index (χ1v) is 10.4. The van der Waals surface area contributed by atoms with Crippen molar-refractivity contribution < 1.29 is 19.1 Å². The van der Waals surface area contributed by atoms with Crippen LogP contribution in [0.5, 0.6) is 0 Å². The van der Waals surface area contributed by atoms with Gasteiger partial charge >= 0.3 is 5.97 Å². The third-order valence-electron chi connectivity index (χ3n) is 5.32. The number of benzene rings is 1. The molecule has 1 atom stereocenters. The molecule has 1 amide bonds. The van der Waals surface area contributed by atoms with E-state index in [0.717, 1.165) is 30.4 Å². The van der Waals surface area contributed by atoms with Crippen molar-refractivity contribution in [1.82, 2.24) is 4.90 Å². The highest BCUT2D eigenvalue weighted by Crippen LogP contribution is 2.40. The highest BCUT2D eigenvalue weighted by molar-refractivity contribution is 7.17. The van der Waals surface area contributed by atoms with Crippen LogP contribution in [0.3, 0.4) is 0 Å². The maximum absolute atomic E-state index is 13.4. The fraction of sp³-hybridized carbons (Fsp3) is 0.429. The Morgan fingerprint density at radius 3 is 2.64 bits per heavy atom. The number of ether oxygens (including phenoxy) is 2. The number of rotatable bonds is 5. The van der Waals surface area contributed by atoms with Gasteiger partial charge in [-0.2, -0.15) is 0 Å².